The predicted octanol–water partition coefficient (Wildman–Crippen LogP) is 3.02. The number of nitrogens with one attached hydrogen (secondary N) is 2. The number of carbonyl (C=O) groups is 1. The van der Waals surface area contributed by atoms with E-state index in [9.17, 15) is 9.18 Å². The first kappa shape index (κ1) is 15.3. The number of aliphatic hydroxyl groups is 1. The molecule has 21 heavy (non-hydrogen) atoms. The third kappa shape index (κ3) is 4.44. The van der Waals surface area contributed by atoms with Gasteiger partial charge in [-0.05, 0) is 35.9 Å². The molecule has 0 saturated carbocycles. The van der Waals surface area contributed by atoms with Crippen molar-refractivity contribution in [2.75, 3.05) is 17.2 Å². The molecule has 0 aliphatic heterocycles. The van der Waals surface area contributed by atoms with E-state index in [1.165, 1.54) is 6.07 Å². The van der Waals surface area contributed by atoms with Gasteiger partial charge in [-0.1, -0.05) is 23.7 Å². The molecule has 0 heterocycles. The lowest BCUT2D eigenvalue weighted by molar-refractivity contribution is -0.118. The molecule has 2 aromatic rings. The minimum absolute atomic E-state index is 0.0817. The van der Waals surface area contributed by atoms with E-state index in [0.29, 0.717) is 12.2 Å². The quantitative estimate of drug-likeness (QED) is 0.795. The van der Waals surface area contributed by atoms with Crippen molar-refractivity contribution in [1.82, 2.24) is 0 Å². The molecule has 0 radical (unpaired) electrons. The molecule has 0 aliphatic rings. The van der Waals surface area contributed by atoms with Gasteiger partial charge in [-0.15, -0.1) is 0 Å². The van der Waals surface area contributed by atoms with Crippen molar-refractivity contribution in [1.29, 1.82) is 0 Å². The molecule has 6 heteroatoms. The normalized spacial score (nSPS) is 10.2. The average molecular weight is 309 g/mol. The zero-order valence-electron chi connectivity index (χ0n) is 11.1. The first-order chi connectivity index (χ1) is 10.1. The Kier molecular flexibility index (Phi) is 5.14. The van der Waals surface area contributed by atoms with E-state index in [0.717, 1.165) is 11.3 Å². The summed E-state index contributed by atoms with van der Waals surface area (Å²) in [5.41, 5.74) is 2.20. The predicted molar refractivity (Wildman–Crippen MR) is 80.9 cm³/mol. The maximum Gasteiger partial charge on any atom is 0.250 e. The van der Waals surface area contributed by atoms with Crippen LogP contribution in [0.1, 0.15) is 5.56 Å². The Labute approximate surface area is 126 Å². The molecule has 0 spiro atoms. The van der Waals surface area contributed by atoms with Crippen LogP contribution in [0.15, 0.2) is 42.5 Å². The molecule has 4 nitrogen and oxygen atoms in total. The van der Waals surface area contributed by atoms with Crippen LogP contribution in [0.2, 0.25) is 5.02 Å². The van der Waals surface area contributed by atoms with E-state index in [2.05, 4.69) is 10.6 Å². The first-order valence-electron chi connectivity index (χ1n) is 6.27. The van der Waals surface area contributed by atoms with Crippen LogP contribution in [0.3, 0.4) is 0 Å². The zero-order chi connectivity index (χ0) is 15.2. The highest BCUT2D eigenvalue weighted by molar-refractivity contribution is 6.30. The Bertz CT molecular complexity index is 649. The molecule has 0 saturated heterocycles. The lowest BCUT2D eigenvalue weighted by atomic mass is 10.2. The smallest absolute Gasteiger partial charge is 0.250 e. The second-order valence-electron chi connectivity index (χ2n) is 4.39. The Hall–Kier alpha value is -2.11. The van der Waals surface area contributed by atoms with Gasteiger partial charge in [0.25, 0.3) is 0 Å². The highest BCUT2D eigenvalue weighted by atomic mass is 35.5. The third-order valence-corrected chi connectivity index (χ3v) is 3.06. The lowest BCUT2D eigenvalue weighted by Crippen LogP contribution is -2.15. The molecule has 110 valence electrons. The van der Waals surface area contributed by atoms with E-state index in [-0.39, 0.29) is 5.02 Å². The molecule has 0 fully saturated rings. The van der Waals surface area contributed by atoms with Gasteiger partial charge >= 0.3 is 0 Å². The van der Waals surface area contributed by atoms with Gasteiger partial charge < -0.3 is 15.7 Å². The van der Waals surface area contributed by atoms with Crippen LogP contribution in [0, 0.1) is 5.82 Å². The van der Waals surface area contributed by atoms with Crippen LogP contribution in [-0.2, 0) is 11.3 Å². The Morgan fingerprint density at radius 2 is 1.95 bits per heavy atom. The van der Waals surface area contributed by atoms with E-state index >= 15 is 0 Å². The van der Waals surface area contributed by atoms with Crippen LogP contribution < -0.4 is 10.6 Å². The van der Waals surface area contributed by atoms with Gasteiger partial charge in [0.1, 0.15) is 12.4 Å². The number of aliphatic hydroxyl groups excluding tert-OH is 1. The van der Waals surface area contributed by atoms with Crippen LogP contribution in [0.5, 0.6) is 0 Å². The molecule has 2 rings (SSSR count). The van der Waals surface area contributed by atoms with Crippen LogP contribution in [0.25, 0.3) is 0 Å². The molecule has 0 bridgehead atoms. The van der Waals surface area contributed by atoms with Gasteiger partial charge in [0.2, 0.25) is 5.91 Å². The maximum absolute atomic E-state index is 13.1. The highest BCUT2D eigenvalue weighted by Gasteiger charge is 2.03. The average Bonchev–Trinajstić information content (AvgIpc) is 2.49. The van der Waals surface area contributed by atoms with Crippen LogP contribution in [-0.4, -0.2) is 17.6 Å². The minimum Gasteiger partial charge on any atom is -0.387 e. The standard InChI is InChI=1S/C15H14ClFN2O2/c16-13-6-10(4-5-14(13)17)8-18-11-2-1-3-12(7-11)19-15(21)9-20/h1-7,18,20H,8-9H2,(H,19,21). The fraction of sp³-hybridized carbons (Fsp3) is 0.133. The molecule has 0 aromatic heterocycles. The number of benzene rings is 2. The van der Waals surface area contributed by atoms with Crippen LogP contribution >= 0.6 is 11.6 Å². The van der Waals surface area contributed by atoms with Gasteiger partial charge in [-0.2, -0.15) is 0 Å². The van der Waals surface area contributed by atoms with Gasteiger partial charge in [-0.3, -0.25) is 4.79 Å². The fourth-order valence-corrected chi connectivity index (χ4v) is 1.96. The van der Waals surface area contributed by atoms with Crippen molar-refractivity contribution < 1.29 is 14.3 Å². The molecule has 0 atom stereocenters. The number of amides is 1. The van der Waals surface area contributed by atoms with E-state index < -0.39 is 18.3 Å². The SMILES string of the molecule is O=C(CO)Nc1cccc(NCc2ccc(F)c(Cl)c2)c1. The van der Waals surface area contributed by atoms with Crippen molar-refractivity contribution in [2.45, 2.75) is 6.54 Å². The monoisotopic (exact) mass is 308 g/mol. The van der Waals surface area contributed by atoms with Gasteiger partial charge in [0.05, 0.1) is 5.02 Å². The Morgan fingerprint density at radius 1 is 1.19 bits per heavy atom. The third-order valence-electron chi connectivity index (χ3n) is 2.77. The summed E-state index contributed by atoms with van der Waals surface area (Å²) in [5.74, 6) is -0.924. The summed E-state index contributed by atoms with van der Waals surface area (Å²) in [4.78, 5) is 11.1. The second-order valence-corrected chi connectivity index (χ2v) is 4.80. The summed E-state index contributed by atoms with van der Waals surface area (Å²) in [6, 6.07) is 11.6. The molecule has 0 aliphatic carbocycles. The lowest BCUT2D eigenvalue weighted by Gasteiger charge is -2.09. The highest BCUT2D eigenvalue weighted by Crippen LogP contribution is 2.19. The molecular weight excluding hydrogens is 295 g/mol. The summed E-state index contributed by atoms with van der Waals surface area (Å²) in [5, 5.41) is 14.5. The summed E-state index contributed by atoms with van der Waals surface area (Å²) >= 11 is 5.72. The molecule has 2 aromatic carbocycles. The molecular formula is C15H14ClFN2O2. The number of halogens is 2. The largest absolute Gasteiger partial charge is 0.387 e. The van der Waals surface area contributed by atoms with Gasteiger partial charge in [-0.25, -0.2) is 4.39 Å². The summed E-state index contributed by atoms with van der Waals surface area (Å²) in [6.45, 7) is -0.0941. The zero-order valence-corrected chi connectivity index (χ0v) is 11.8. The number of hydrogen-bond donors (Lipinski definition) is 3. The van der Waals surface area contributed by atoms with Crippen molar-refractivity contribution >= 4 is 28.9 Å². The van der Waals surface area contributed by atoms with Crippen molar-refractivity contribution in [3.63, 3.8) is 0 Å². The van der Waals surface area contributed by atoms with Crippen molar-refractivity contribution in [3.8, 4) is 0 Å². The van der Waals surface area contributed by atoms with E-state index in [1.807, 2.05) is 6.07 Å². The first-order valence-corrected chi connectivity index (χ1v) is 6.65. The molecule has 1 amide bonds. The summed E-state index contributed by atoms with van der Waals surface area (Å²) < 4.78 is 13.1. The molecule has 0 unspecified atom stereocenters. The van der Waals surface area contributed by atoms with Crippen molar-refractivity contribution in [3.05, 3.63) is 58.9 Å². The number of anilines is 2. The Morgan fingerprint density at radius 3 is 2.67 bits per heavy atom. The number of carbonyl (C=O) groups excluding carboxylic acids is 1. The van der Waals surface area contributed by atoms with Crippen molar-refractivity contribution in [2.24, 2.45) is 0 Å². The minimum atomic E-state index is -0.564. The second kappa shape index (κ2) is 7.06. The van der Waals surface area contributed by atoms with Gasteiger partial charge in [0.15, 0.2) is 0 Å². The van der Waals surface area contributed by atoms with E-state index in [4.69, 9.17) is 16.7 Å². The maximum atomic E-state index is 13.1. The number of hydrogen-bond acceptors (Lipinski definition) is 3. The Balaban J connectivity index is 2.01. The fourth-order valence-electron chi connectivity index (χ4n) is 1.76. The summed E-state index contributed by atoms with van der Waals surface area (Å²) in [6.07, 6.45) is 0. The van der Waals surface area contributed by atoms with Crippen LogP contribution in [0.4, 0.5) is 15.8 Å². The molecule has 3 N–H and O–H groups in total. The van der Waals surface area contributed by atoms with Gasteiger partial charge in [0, 0.05) is 17.9 Å². The number of rotatable bonds is 5. The topological polar surface area (TPSA) is 61.4 Å². The van der Waals surface area contributed by atoms with E-state index in [1.54, 1.807) is 30.3 Å². The summed E-state index contributed by atoms with van der Waals surface area (Å²) in [7, 11) is 0.